The summed E-state index contributed by atoms with van der Waals surface area (Å²) in [4.78, 5) is 15.6. The zero-order valence-electron chi connectivity index (χ0n) is 14.8. The van der Waals surface area contributed by atoms with Gasteiger partial charge in [-0.3, -0.25) is 4.48 Å². The van der Waals surface area contributed by atoms with Crippen LogP contribution in [0.15, 0.2) is 4.99 Å². The minimum Gasteiger partial charge on any atom is -0.544 e. The molecule has 23 heavy (non-hydrogen) atoms. The number of unbranched alkanes of at least 4 members (excludes halogenated alkanes) is 8. The Morgan fingerprint density at radius 2 is 1.74 bits per heavy atom. The number of hydrogen-bond donors (Lipinski definition) is 1. The van der Waals surface area contributed by atoms with Crippen LogP contribution in [0.3, 0.4) is 0 Å². The molecule has 0 spiro atoms. The highest BCUT2D eigenvalue weighted by molar-refractivity contribution is 5.79. The van der Waals surface area contributed by atoms with Gasteiger partial charge in [-0.1, -0.05) is 58.3 Å². The molecule has 0 radical (unpaired) electrons. The monoisotopic (exact) mass is 326 g/mol. The van der Waals surface area contributed by atoms with E-state index in [-0.39, 0.29) is 13.2 Å². The van der Waals surface area contributed by atoms with Crippen molar-refractivity contribution in [1.82, 2.24) is 0 Å². The summed E-state index contributed by atoms with van der Waals surface area (Å²) in [7, 11) is 0. The molecule has 0 amide bonds. The van der Waals surface area contributed by atoms with Gasteiger partial charge in [0, 0.05) is 6.42 Å². The minimum absolute atomic E-state index is 0.00986. The molecule has 1 atom stereocenters. The molecule has 0 aromatic heterocycles. The summed E-state index contributed by atoms with van der Waals surface area (Å²) in [6, 6.07) is 0. The van der Waals surface area contributed by atoms with E-state index in [1.165, 1.54) is 51.4 Å². The van der Waals surface area contributed by atoms with Crippen molar-refractivity contribution in [3.63, 3.8) is 0 Å². The first kappa shape index (κ1) is 20.1. The molecule has 1 heterocycles. The third-order valence-corrected chi connectivity index (χ3v) is 4.83. The Labute approximate surface area is 141 Å². The fraction of sp³-hybridized carbons (Fsp3) is 0.889. The highest BCUT2D eigenvalue weighted by Gasteiger charge is 2.37. The molecule has 1 rings (SSSR count). The Hall–Kier alpha value is -0.940. The lowest BCUT2D eigenvalue weighted by molar-refractivity contribution is -0.831. The summed E-state index contributed by atoms with van der Waals surface area (Å²) in [5.74, 6) is -0.105. The van der Waals surface area contributed by atoms with Crippen LogP contribution in [0.1, 0.15) is 71.1 Å². The lowest BCUT2D eigenvalue weighted by Crippen LogP contribution is -2.57. The molecule has 0 aromatic rings. The van der Waals surface area contributed by atoms with E-state index < -0.39 is 5.97 Å². The number of aliphatic hydroxyl groups excluding tert-OH is 1. The van der Waals surface area contributed by atoms with Crippen LogP contribution in [-0.2, 0) is 4.79 Å². The second kappa shape index (κ2) is 11.6. The van der Waals surface area contributed by atoms with Gasteiger partial charge in [0.15, 0.2) is 5.84 Å². The fourth-order valence-electron chi connectivity index (χ4n) is 3.49. The molecule has 5 nitrogen and oxygen atoms in total. The van der Waals surface area contributed by atoms with Crippen molar-refractivity contribution < 1.29 is 19.5 Å². The van der Waals surface area contributed by atoms with Crippen LogP contribution in [-0.4, -0.2) is 54.2 Å². The Balaban J connectivity index is 2.23. The van der Waals surface area contributed by atoms with Gasteiger partial charge in [-0.05, 0) is 6.42 Å². The lowest BCUT2D eigenvalue weighted by atomic mass is 10.1. The van der Waals surface area contributed by atoms with Gasteiger partial charge in [0.2, 0.25) is 0 Å². The standard InChI is InChI=1S/C18H34N2O3/c1-2-3-4-5-6-7-8-9-10-11-17-19-12-13-20(17,14-15-21)16-18(22)23/h21H,2-16H2,1H3. The third kappa shape index (κ3) is 7.44. The summed E-state index contributed by atoms with van der Waals surface area (Å²) < 4.78 is 0.301. The summed E-state index contributed by atoms with van der Waals surface area (Å²) in [6.45, 7) is 3.95. The van der Waals surface area contributed by atoms with Crippen LogP contribution >= 0.6 is 0 Å². The van der Waals surface area contributed by atoms with Crippen molar-refractivity contribution in [3.05, 3.63) is 0 Å². The number of quaternary nitrogens is 1. The Kier molecular flexibility index (Phi) is 10.1. The van der Waals surface area contributed by atoms with E-state index in [1.807, 2.05) is 0 Å². The van der Waals surface area contributed by atoms with Gasteiger partial charge in [0.25, 0.3) is 0 Å². The number of carbonyl (C=O) groups is 1. The largest absolute Gasteiger partial charge is 0.544 e. The maximum Gasteiger partial charge on any atom is 0.198 e. The summed E-state index contributed by atoms with van der Waals surface area (Å²) in [5.41, 5.74) is 0. The van der Waals surface area contributed by atoms with E-state index in [1.54, 1.807) is 0 Å². The normalized spacial score (nSPS) is 20.7. The maximum atomic E-state index is 11.0. The highest BCUT2D eigenvalue weighted by Crippen LogP contribution is 2.20. The first-order valence-corrected chi connectivity index (χ1v) is 9.35. The molecule has 0 aliphatic carbocycles. The van der Waals surface area contributed by atoms with E-state index in [9.17, 15) is 15.0 Å². The molecule has 1 aliphatic heterocycles. The predicted octanol–water partition coefficient (Wildman–Crippen LogP) is 1.88. The quantitative estimate of drug-likeness (QED) is 0.391. The van der Waals surface area contributed by atoms with Gasteiger partial charge in [-0.25, -0.2) is 4.99 Å². The smallest absolute Gasteiger partial charge is 0.198 e. The van der Waals surface area contributed by atoms with Crippen LogP contribution in [0.2, 0.25) is 0 Å². The first-order chi connectivity index (χ1) is 11.1. The number of nitrogens with zero attached hydrogens (tertiary/aromatic N) is 2. The van der Waals surface area contributed by atoms with Gasteiger partial charge >= 0.3 is 0 Å². The SMILES string of the molecule is CCCCCCCCCCCC1=NCC[N+]1(CCO)CC(=O)[O-]. The number of aliphatic carboxylic acids is 1. The average Bonchev–Trinajstić information content (AvgIpc) is 2.87. The molecule has 0 saturated heterocycles. The predicted molar refractivity (Wildman–Crippen MR) is 91.1 cm³/mol. The van der Waals surface area contributed by atoms with Crippen LogP contribution < -0.4 is 5.11 Å². The topological polar surface area (TPSA) is 72.7 Å². The first-order valence-electron chi connectivity index (χ1n) is 9.35. The fourth-order valence-corrected chi connectivity index (χ4v) is 3.49. The summed E-state index contributed by atoms with van der Waals surface area (Å²) >= 11 is 0. The number of aliphatic hydroxyl groups is 1. The Morgan fingerprint density at radius 3 is 2.30 bits per heavy atom. The third-order valence-electron chi connectivity index (χ3n) is 4.83. The van der Waals surface area contributed by atoms with E-state index in [0.29, 0.717) is 24.1 Å². The molecule has 0 aromatic carbocycles. The number of carboxylic acid groups (broad SMARTS) is 1. The number of hydrogen-bond acceptors (Lipinski definition) is 4. The zero-order chi connectivity index (χ0) is 17.0. The second-order valence-corrected chi connectivity index (χ2v) is 6.72. The maximum absolute atomic E-state index is 11.0. The van der Waals surface area contributed by atoms with Gasteiger partial charge in [0.1, 0.15) is 19.6 Å². The molecule has 1 N–H and O–H groups in total. The van der Waals surface area contributed by atoms with Gasteiger partial charge in [0.05, 0.1) is 19.1 Å². The molecule has 0 saturated carbocycles. The number of rotatable bonds is 14. The average molecular weight is 326 g/mol. The van der Waals surface area contributed by atoms with Crippen molar-refractivity contribution in [1.29, 1.82) is 0 Å². The molecular weight excluding hydrogens is 292 g/mol. The van der Waals surface area contributed by atoms with Gasteiger partial charge < -0.3 is 15.0 Å². The molecule has 1 unspecified atom stereocenters. The van der Waals surface area contributed by atoms with Crippen molar-refractivity contribution >= 4 is 11.8 Å². The highest BCUT2D eigenvalue weighted by atomic mass is 16.4. The van der Waals surface area contributed by atoms with E-state index in [2.05, 4.69) is 11.9 Å². The lowest BCUT2D eigenvalue weighted by Gasteiger charge is -2.34. The number of aliphatic imine (C=N–C) groups is 1. The van der Waals surface area contributed by atoms with Crippen molar-refractivity contribution in [2.45, 2.75) is 71.1 Å². The van der Waals surface area contributed by atoms with Crippen molar-refractivity contribution in [2.75, 3.05) is 32.8 Å². The van der Waals surface area contributed by atoms with Crippen LogP contribution in [0, 0.1) is 0 Å². The van der Waals surface area contributed by atoms with Crippen LogP contribution in [0.25, 0.3) is 0 Å². The van der Waals surface area contributed by atoms with E-state index in [0.717, 1.165) is 18.7 Å². The molecule has 1 aliphatic rings. The minimum atomic E-state index is -1.06. The van der Waals surface area contributed by atoms with E-state index >= 15 is 0 Å². The molecule has 5 heteroatoms. The zero-order valence-corrected chi connectivity index (χ0v) is 14.8. The molecule has 134 valence electrons. The van der Waals surface area contributed by atoms with Gasteiger partial charge in [-0.15, -0.1) is 0 Å². The molecule has 0 bridgehead atoms. The van der Waals surface area contributed by atoms with Crippen LogP contribution in [0.4, 0.5) is 0 Å². The summed E-state index contributed by atoms with van der Waals surface area (Å²) in [5, 5.41) is 20.3. The molecule has 0 fully saturated rings. The van der Waals surface area contributed by atoms with Crippen molar-refractivity contribution in [3.8, 4) is 0 Å². The number of amidine groups is 1. The number of carbonyl (C=O) groups excluding carboxylic acids is 1. The molecular formula is C18H34N2O3. The number of carboxylic acids is 1. The Bertz CT molecular complexity index is 371. The Morgan fingerprint density at radius 1 is 1.13 bits per heavy atom. The second-order valence-electron chi connectivity index (χ2n) is 6.72. The van der Waals surface area contributed by atoms with Crippen LogP contribution in [0.5, 0.6) is 0 Å². The van der Waals surface area contributed by atoms with Gasteiger partial charge in [-0.2, -0.15) is 0 Å². The van der Waals surface area contributed by atoms with E-state index in [4.69, 9.17) is 0 Å². The van der Waals surface area contributed by atoms with Crippen molar-refractivity contribution in [2.24, 2.45) is 4.99 Å². The summed E-state index contributed by atoms with van der Waals surface area (Å²) in [6.07, 6.45) is 12.3.